The molecule has 0 aliphatic heterocycles. The number of aromatic nitrogens is 4. The van der Waals surface area contributed by atoms with Crippen LogP contribution in [0.2, 0.25) is 0 Å². The van der Waals surface area contributed by atoms with Gasteiger partial charge in [-0.2, -0.15) is 4.52 Å². The number of pyridine rings is 1. The zero-order valence-corrected chi connectivity index (χ0v) is 13.9. The minimum atomic E-state index is 0.119. The number of fused-ring (bicyclic) bond motifs is 3. The van der Waals surface area contributed by atoms with Gasteiger partial charge in [0.25, 0.3) is 0 Å². The van der Waals surface area contributed by atoms with Crippen LogP contribution in [-0.4, -0.2) is 25.1 Å². The van der Waals surface area contributed by atoms with Gasteiger partial charge in [-0.05, 0) is 56.8 Å². The lowest BCUT2D eigenvalue weighted by atomic mass is 9.86. The number of nitrogens with zero attached hydrogens (tertiary/aromatic N) is 4. The van der Waals surface area contributed by atoms with Crippen LogP contribution in [0.1, 0.15) is 26.3 Å². The second-order valence-electron chi connectivity index (χ2n) is 7.00. The number of tetrazole rings is 1. The third-order valence-electron chi connectivity index (χ3n) is 4.36. The number of aromatic hydroxyl groups is 1. The fourth-order valence-electron chi connectivity index (χ4n) is 3.00. The van der Waals surface area contributed by atoms with E-state index in [1.165, 1.54) is 5.56 Å². The number of benzene rings is 2. The Balaban J connectivity index is 1.96. The SMILES string of the molecule is CC(C)(C)c1ccc(-c2ccc(O)c3c2ccc2nnnn23)cc1. The van der Waals surface area contributed by atoms with Gasteiger partial charge in [0.2, 0.25) is 0 Å². The van der Waals surface area contributed by atoms with Crippen LogP contribution < -0.4 is 0 Å². The molecule has 1 N–H and O–H groups in total. The van der Waals surface area contributed by atoms with Gasteiger partial charge in [-0.15, -0.1) is 5.10 Å². The van der Waals surface area contributed by atoms with Crippen molar-refractivity contribution in [2.75, 3.05) is 0 Å². The molecule has 0 saturated heterocycles. The highest BCUT2D eigenvalue weighted by Gasteiger charge is 2.15. The predicted octanol–water partition coefficient (Wildman–Crippen LogP) is 3.95. The maximum Gasteiger partial charge on any atom is 0.180 e. The van der Waals surface area contributed by atoms with Gasteiger partial charge in [0, 0.05) is 5.39 Å². The Kier molecular flexibility index (Phi) is 3.06. The van der Waals surface area contributed by atoms with Gasteiger partial charge in [-0.1, -0.05) is 45.0 Å². The van der Waals surface area contributed by atoms with Crippen LogP contribution in [0.5, 0.6) is 5.75 Å². The second kappa shape index (κ2) is 5.03. The Bertz CT molecular complexity index is 1040. The van der Waals surface area contributed by atoms with Crippen LogP contribution in [0, 0.1) is 0 Å². The first kappa shape index (κ1) is 14.6. The summed E-state index contributed by atoms with van der Waals surface area (Å²) in [4.78, 5) is 0. The smallest absolute Gasteiger partial charge is 0.180 e. The molecule has 0 saturated carbocycles. The molecule has 24 heavy (non-hydrogen) atoms. The van der Waals surface area contributed by atoms with Gasteiger partial charge in [0.05, 0.1) is 0 Å². The first-order chi connectivity index (χ1) is 11.4. The summed E-state index contributed by atoms with van der Waals surface area (Å²) < 4.78 is 1.57. The van der Waals surface area contributed by atoms with Crippen LogP contribution in [0.25, 0.3) is 27.7 Å². The van der Waals surface area contributed by atoms with Crippen LogP contribution in [0.3, 0.4) is 0 Å². The summed E-state index contributed by atoms with van der Waals surface area (Å²) >= 11 is 0. The Morgan fingerprint density at radius 1 is 0.917 bits per heavy atom. The predicted molar refractivity (Wildman–Crippen MR) is 94.1 cm³/mol. The highest BCUT2D eigenvalue weighted by atomic mass is 16.3. The van der Waals surface area contributed by atoms with E-state index >= 15 is 0 Å². The first-order valence-electron chi connectivity index (χ1n) is 7.89. The molecule has 0 aliphatic rings. The minimum Gasteiger partial charge on any atom is -0.506 e. The molecule has 0 fully saturated rings. The monoisotopic (exact) mass is 318 g/mol. The molecular weight excluding hydrogens is 300 g/mol. The van der Waals surface area contributed by atoms with E-state index in [-0.39, 0.29) is 11.2 Å². The maximum atomic E-state index is 10.3. The third-order valence-corrected chi connectivity index (χ3v) is 4.36. The molecule has 0 unspecified atom stereocenters. The minimum absolute atomic E-state index is 0.119. The van der Waals surface area contributed by atoms with Gasteiger partial charge in [-0.3, -0.25) is 0 Å². The highest BCUT2D eigenvalue weighted by molar-refractivity contribution is 5.98. The molecule has 0 aliphatic carbocycles. The van der Waals surface area contributed by atoms with Crippen molar-refractivity contribution in [2.45, 2.75) is 26.2 Å². The fraction of sp³-hybridized carbons (Fsp3) is 0.211. The molecule has 0 atom stereocenters. The van der Waals surface area contributed by atoms with Crippen LogP contribution in [0.15, 0.2) is 48.5 Å². The zero-order chi connectivity index (χ0) is 16.9. The Morgan fingerprint density at radius 2 is 1.67 bits per heavy atom. The van der Waals surface area contributed by atoms with E-state index in [9.17, 15) is 5.11 Å². The van der Waals surface area contributed by atoms with Crippen molar-refractivity contribution in [2.24, 2.45) is 0 Å². The zero-order valence-electron chi connectivity index (χ0n) is 13.9. The van der Waals surface area contributed by atoms with E-state index in [2.05, 4.69) is 60.6 Å². The van der Waals surface area contributed by atoms with Crippen molar-refractivity contribution in [1.29, 1.82) is 0 Å². The van der Waals surface area contributed by atoms with Gasteiger partial charge in [0.1, 0.15) is 11.3 Å². The molecule has 4 rings (SSSR count). The first-order valence-corrected chi connectivity index (χ1v) is 7.89. The molecule has 0 bridgehead atoms. The molecule has 4 aromatic rings. The normalized spacial score (nSPS) is 12.1. The lowest BCUT2D eigenvalue weighted by Gasteiger charge is -2.19. The van der Waals surface area contributed by atoms with Crippen molar-refractivity contribution in [3.63, 3.8) is 0 Å². The van der Waals surface area contributed by atoms with Gasteiger partial charge in [0.15, 0.2) is 5.65 Å². The van der Waals surface area contributed by atoms with Gasteiger partial charge < -0.3 is 5.11 Å². The van der Waals surface area contributed by atoms with E-state index in [1.807, 2.05) is 18.2 Å². The summed E-state index contributed by atoms with van der Waals surface area (Å²) in [6.07, 6.45) is 0. The summed E-state index contributed by atoms with van der Waals surface area (Å²) in [5, 5.41) is 22.8. The Morgan fingerprint density at radius 3 is 2.38 bits per heavy atom. The number of phenols is 1. The standard InChI is InChI=1S/C19H18N4O/c1-19(2,3)13-6-4-12(5-7-13)14-8-10-16(24)18-15(14)9-11-17-20-21-22-23(17)18/h4-11,24H,1-3H3. The molecule has 120 valence electrons. The Hall–Kier alpha value is -2.95. The molecule has 2 heterocycles. The number of hydrogen-bond acceptors (Lipinski definition) is 4. The van der Waals surface area contributed by atoms with Gasteiger partial charge >= 0.3 is 0 Å². The summed E-state index contributed by atoms with van der Waals surface area (Å²) in [6, 6.07) is 16.0. The van der Waals surface area contributed by atoms with Crippen LogP contribution >= 0.6 is 0 Å². The average molecular weight is 318 g/mol. The van der Waals surface area contributed by atoms with E-state index < -0.39 is 0 Å². The van der Waals surface area contributed by atoms with E-state index in [0.29, 0.717) is 11.2 Å². The summed E-state index contributed by atoms with van der Waals surface area (Å²) in [6.45, 7) is 6.60. The quantitative estimate of drug-likeness (QED) is 0.577. The molecule has 0 amide bonds. The topological polar surface area (TPSA) is 63.3 Å². The van der Waals surface area contributed by atoms with Crippen molar-refractivity contribution in [1.82, 2.24) is 20.0 Å². The lowest BCUT2D eigenvalue weighted by Crippen LogP contribution is -2.10. The molecule has 5 nitrogen and oxygen atoms in total. The fourth-order valence-corrected chi connectivity index (χ4v) is 3.00. The number of phenolic OH excluding ortho intramolecular Hbond substituents is 1. The molecule has 0 spiro atoms. The average Bonchev–Trinajstić information content (AvgIpc) is 3.03. The molecule has 2 aromatic carbocycles. The van der Waals surface area contributed by atoms with E-state index in [1.54, 1.807) is 10.6 Å². The second-order valence-corrected chi connectivity index (χ2v) is 7.00. The number of rotatable bonds is 1. The molecular formula is C19H18N4O. The molecule has 2 aromatic heterocycles. The summed E-state index contributed by atoms with van der Waals surface area (Å²) in [5.41, 5.74) is 4.78. The largest absolute Gasteiger partial charge is 0.506 e. The highest BCUT2D eigenvalue weighted by Crippen LogP contribution is 2.34. The van der Waals surface area contributed by atoms with Crippen molar-refractivity contribution in [3.05, 3.63) is 54.1 Å². The van der Waals surface area contributed by atoms with Crippen LogP contribution in [0.4, 0.5) is 0 Å². The van der Waals surface area contributed by atoms with Crippen molar-refractivity contribution in [3.8, 4) is 16.9 Å². The summed E-state index contributed by atoms with van der Waals surface area (Å²) in [7, 11) is 0. The lowest BCUT2D eigenvalue weighted by molar-refractivity contribution is 0.479. The maximum absolute atomic E-state index is 10.3. The Labute approximate surface area is 139 Å². The number of hydrogen-bond donors (Lipinski definition) is 1. The third kappa shape index (κ3) is 2.21. The van der Waals surface area contributed by atoms with Crippen LogP contribution in [-0.2, 0) is 5.41 Å². The van der Waals surface area contributed by atoms with Crippen molar-refractivity contribution < 1.29 is 5.11 Å². The molecule has 5 heteroatoms. The molecule has 0 radical (unpaired) electrons. The van der Waals surface area contributed by atoms with Gasteiger partial charge in [-0.25, -0.2) is 0 Å². The van der Waals surface area contributed by atoms with Crippen molar-refractivity contribution >= 4 is 16.6 Å². The van der Waals surface area contributed by atoms with E-state index in [0.717, 1.165) is 16.5 Å². The van der Waals surface area contributed by atoms with E-state index in [4.69, 9.17) is 0 Å². The summed E-state index contributed by atoms with van der Waals surface area (Å²) in [5.74, 6) is 0.165.